The highest BCUT2D eigenvalue weighted by atomic mass is 32.2. The van der Waals surface area contributed by atoms with E-state index in [1.807, 2.05) is 17.8 Å². The van der Waals surface area contributed by atoms with Crippen LogP contribution in [0.3, 0.4) is 0 Å². The van der Waals surface area contributed by atoms with Gasteiger partial charge in [0.1, 0.15) is 0 Å². The summed E-state index contributed by atoms with van der Waals surface area (Å²) in [6.07, 6.45) is 3.85. The van der Waals surface area contributed by atoms with Crippen molar-refractivity contribution >= 4 is 19.6 Å². The maximum atomic E-state index is 5.27. The van der Waals surface area contributed by atoms with Gasteiger partial charge in [-0.2, -0.15) is 11.8 Å². The van der Waals surface area contributed by atoms with Crippen LogP contribution in [0.25, 0.3) is 0 Å². The van der Waals surface area contributed by atoms with Crippen molar-refractivity contribution in [3.8, 4) is 0 Å². The summed E-state index contributed by atoms with van der Waals surface area (Å²) in [4.78, 5) is 0. The van der Waals surface area contributed by atoms with E-state index >= 15 is 0 Å². The van der Waals surface area contributed by atoms with Gasteiger partial charge in [0.2, 0.25) is 0 Å². The fourth-order valence-electron chi connectivity index (χ4n) is 0.352. The number of hydrogen-bond acceptors (Lipinski definition) is 1. The molecule has 0 saturated carbocycles. The van der Waals surface area contributed by atoms with Crippen LogP contribution in [-0.2, 0) is 0 Å². The van der Waals surface area contributed by atoms with Gasteiger partial charge < -0.3 is 0 Å². The zero-order chi connectivity index (χ0) is 6.24. The maximum Gasteiger partial charge on any atom is 0.0653 e. The topological polar surface area (TPSA) is 0 Å². The van der Waals surface area contributed by atoms with E-state index in [4.69, 9.17) is 7.85 Å². The van der Waals surface area contributed by atoms with Crippen LogP contribution in [-0.4, -0.2) is 19.4 Å². The molecule has 0 aromatic carbocycles. The summed E-state index contributed by atoms with van der Waals surface area (Å²) in [5.41, 5.74) is 0. The second-order valence-corrected chi connectivity index (χ2v) is 2.66. The van der Waals surface area contributed by atoms with Crippen molar-refractivity contribution in [2.24, 2.45) is 0 Å². The first-order valence-corrected chi connectivity index (χ1v) is 3.96. The van der Waals surface area contributed by atoms with E-state index in [2.05, 4.69) is 6.58 Å². The predicted molar refractivity (Wildman–Crippen MR) is 42.7 cm³/mol. The Bertz CT molecular complexity index is 54.5. The molecule has 0 fully saturated rings. The summed E-state index contributed by atoms with van der Waals surface area (Å²) in [6.45, 7) is 3.61. The van der Waals surface area contributed by atoms with Crippen LogP contribution in [0.1, 0.15) is 6.42 Å². The Balaban J connectivity index is 2.62. The molecule has 44 valence electrons. The molecule has 0 aliphatic carbocycles. The number of rotatable bonds is 5. The highest BCUT2D eigenvalue weighted by Gasteiger charge is 1.81. The molecule has 2 heteroatoms. The minimum absolute atomic E-state index is 0.810. The van der Waals surface area contributed by atoms with Crippen LogP contribution >= 0.6 is 11.8 Å². The molecule has 2 radical (unpaired) electrons. The van der Waals surface area contributed by atoms with Crippen LogP contribution in [0.15, 0.2) is 12.7 Å². The zero-order valence-electron chi connectivity index (χ0n) is 5.10. The quantitative estimate of drug-likeness (QED) is 0.308. The van der Waals surface area contributed by atoms with Gasteiger partial charge >= 0.3 is 0 Å². The molecule has 0 atom stereocenters. The number of hydrogen-bond donors (Lipinski definition) is 0. The Morgan fingerprint density at radius 1 is 1.62 bits per heavy atom. The van der Waals surface area contributed by atoms with Crippen molar-refractivity contribution < 1.29 is 0 Å². The third-order valence-corrected chi connectivity index (χ3v) is 1.78. The lowest BCUT2D eigenvalue weighted by atomic mass is 10.0. The predicted octanol–water partition coefficient (Wildman–Crippen LogP) is 1.88. The van der Waals surface area contributed by atoms with E-state index in [0.717, 1.165) is 18.5 Å². The molecular weight excluding hydrogens is 115 g/mol. The molecule has 0 aromatic heterocycles. The second kappa shape index (κ2) is 7.15. The van der Waals surface area contributed by atoms with E-state index in [1.165, 1.54) is 5.75 Å². The van der Waals surface area contributed by atoms with Crippen LogP contribution in [0.2, 0.25) is 6.32 Å². The lowest BCUT2D eigenvalue weighted by molar-refractivity contribution is 1.10. The van der Waals surface area contributed by atoms with Crippen molar-refractivity contribution in [1.29, 1.82) is 0 Å². The average Bonchev–Trinajstić information content (AvgIpc) is 1.81. The summed E-state index contributed by atoms with van der Waals surface area (Å²) < 4.78 is 0. The van der Waals surface area contributed by atoms with Crippen LogP contribution < -0.4 is 0 Å². The zero-order valence-corrected chi connectivity index (χ0v) is 5.91. The summed E-state index contributed by atoms with van der Waals surface area (Å²) >= 11 is 1.88. The first-order valence-electron chi connectivity index (χ1n) is 2.80. The number of thioether (sulfide) groups is 1. The first kappa shape index (κ1) is 8.15. The van der Waals surface area contributed by atoms with Crippen molar-refractivity contribution in [3.63, 3.8) is 0 Å². The average molecular weight is 126 g/mol. The van der Waals surface area contributed by atoms with E-state index < -0.39 is 0 Å². The van der Waals surface area contributed by atoms with Gasteiger partial charge in [0.15, 0.2) is 0 Å². The lowest BCUT2D eigenvalue weighted by Crippen LogP contribution is -1.78. The second-order valence-electron chi connectivity index (χ2n) is 1.51. The van der Waals surface area contributed by atoms with E-state index in [0.29, 0.717) is 0 Å². The summed E-state index contributed by atoms with van der Waals surface area (Å²) in [7, 11) is 5.27. The largest absolute Gasteiger partial charge is 0.158 e. The molecule has 0 nitrogen and oxygen atoms in total. The lowest BCUT2D eigenvalue weighted by Gasteiger charge is -1.92. The molecule has 0 unspecified atom stereocenters. The molecule has 0 saturated heterocycles. The van der Waals surface area contributed by atoms with E-state index in [9.17, 15) is 0 Å². The SMILES string of the molecule is [B]CCCSCC=C. The van der Waals surface area contributed by atoms with Crippen molar-refractivity contribution in [2.75, 3.05) is 11.5 Å². The minimum atomic E-state index is 0.810. The third kappa shape index (κ3) is 6.15. The van der Waals surface area contributed by atoms with Gasteiger partial charge in [-0.1, -0.05) is 18.8 Å². The highest BCUT2D eigenvalue weighted by molar-refractivity contribution is 7.99. The minimum Gasteiger partial charge on any atom is -0.158 e. The summed E-state index contributed by atoms with van der Waals surface area (Å²) in [6, 6.07) is 0. The monoisotopic (exact) mass is 126 g/mol. The van der Waals surface area contributed by atoms with Crippen molar-refractivity contribution in [2.45, 2.75) is 12.7 Å². The standard InChI is InChI=1S/C6H11BS/c1-2-5-8-6-3-4-7/h2H,1,3-6H2. The fraction of sp³-hybridized carbons (Fsp3) is 0.667. The molecule has 0 spiro atoms. The van der Waals surface area contributed by atoms with Crippen molar-refractivity contribution in [1.82, 2.24) is 0 Å². The van der Waals surface area contributed by atoms with Gasteiger partial charge in [0.25, 0.3) is 0 Å². The van der Waals surface area contributed by atoms with Gasteiger partial charge in [-0.05, 0) is 5.75 Å². The van der Waals surface area contributed by atoms with Gasteiger partial charge in [-0.3, -0.25) is 0 Å². The smallest absolute Gasteiger partial charge is 0.0653 e. The third-order valence-electron chi connectivity index (χ3n) is 0.729. The molecule has 0 aliphatic rings. The van der Waals surface area contributed by atoms with E-state index in [-0.39, 0.29) is 0 Å². The maximum absolute atomic E-state index is 5.27. The normalized spacial score (nSPS) is 9.00. The molecule has 0 aromatic rings. The van der Waals surface area contributed by atoms with Crippen LogP contribution in [0.4, 0.5) is 0 Å². The fourth-order valence-corrected chi connectivity index (χ4v) is 1.06. The van der Waals surface area contributed by atoms with Crippen molar-refractivity contribution in [3.05, 3.63) is 12.7 Å². The highest BCUT2D eigenvalue weighted by Crippen LogP contribution is 2.02. The first-order chi connectivity index (χ1) is 3.91. The Labute approximate surface area is 57.1 Å². The van der Waals surface area contributed by atoms with Gasteiger partial charge in [0.05, 0.1) is 7.85 Å². The molecule has 0 bridgehead atoms. The Morgan fingerprint density at radius 3 is 2.88 bits per heavy atom. The van der Waals surface area contributed by atoms with E-state index in [1.54, 1.807) is 0 Å². The molecule has 0 amide bonds. The van der Waals surface area contributed by atoms with Gasteiger partial charge in [-0.15, -0.1) is 6.58 Å². The molecule has 0 rings (SSSR count). The summed E-state index contributed by atoms with van der Waals surface area (Å²) in [5.74, 6) is 2.22. The van der Waals surface area contributed by atoms with Crippen LogP contribution in [0, 0.1) is 0 Å². The molecular formula is C6H11BS. The van der Waals surface area contributed by atoms with Gasteiger partial charge in [0, 0.05) is 5.75 Å². The molecule has 0 heterocycles. The Morgan fingerprint density at radius 2 is 2.38 bits per heavy atom. The molecule has 8 heavy (non-hydrogen) atoms. The molecule has 0 N–H and O–H groups in total. The van der Waals surface area contributed by atoms with Crippen LogP contribution in [0.5, 0.6) is 0 Å². The molecule has 0 aliphatic heterocycles. The Kier molecular flexibility index (Phi) is 7.29. The summed E-state index contributed by atoms with van der Waals surface area (Å²) in [5, 5.41) is 0. The Hall–Kier alpha value is 0.155. The van der Waals surface area contributed by atoms with Gasteiger partial charge in [-0.25, -0.2) is 0 Å².